The van der Waals surface area contributed by atoms with Crippen molar-refractivity contribution in [2.75, 3.05) is 5.32 Å². The molecule has 23 heavy (non-hydrogen) atoms. The first-order chi connectivity index (χ1) is 11.1. The van der Waals surface area contributed by atoms with Crippen LogP contribution in [-0.2, 0) is 18.3 Å². The van der Waals surface area contributed by atoms with Crippen molar-refractivity contribution in [2.45, 2.75) is 38.5 Å². The summed E-state index contributed by atoms with van der Waals surface area (Å²) >= 11 is 0. The minimum Gasteiger partial charge on any atom is -0.303 e. The quantitative estimate of drug-likeness (QED) is 0.943. The number of hydrogen-bond donors (Lipinski definition) is 1. The van der Waals surface area contributed by atoms with Crippen molar-refractivity contribution in [2.24, 2.45) is 12.5 Å². The molecule has 1 aromatic carbocycles. The SMILES string of the molecule is Cn1cnnc1NC(=O)C1(Cc2cccc(F)c2)CCCCC1. The lowest BCUT2D eigenvalue weighted by molar-refractivity contribution is -0.127. The molecule has 1 aliphatic carbocycles. The number of aromatic nitrogens is 3. The molecule has 0 aliphatic heterocycles. The van der Waals surface area contributed by atoms with Gasteiger partial charge in [0, 0.05) is 7.05 Å². The van der Waals surface area contributed by atoms with Crippen molar-refractivity contribution < 1.29 is 9.18 Å². The number of anilines is 1. The Balaban J connectivity index is 1.84. The third kappa shape index (κ3) is 3.41. The van der Waals surface area contributed by atoms with E-state index in [0.717, 1.165) is 37.7 Å². The zero-order chi connectivity index (χ0) is 16.3. The fourth-order valence-corrected chi connectivity index (χ4v) is 3.38. The predicted octanol–water partition coefficient (Wildman–Crippen LogP) is 3.09. The first kappa shape index (κ1) is 15.6. The Kier molecular flexibility index (Phi) is 4.41. The number of carbonyl (C=O) groups is 1. The van der Waals surface area contributed by atoms with Crippen LogP contribution in [0, 0.1) is 11.2 Å². The average Bonchev–Trinajstić information content (AvgIpc) is 2.93. The van der Waals surface area contributed by atoms with Crippen LogP contribution >= 0.6 is 0 Å². The van der Waals surface area contributed by atoms with E-state index >= 15 is 0 Å². The molecule has 2 aromatic rings. The minimum absolute atomic E-state index is 0.0439. The Morgan fingerprint density at radius 2 is 2.13 bits per heavy atom. The van der Waals surface area contributed by atoms with Gasteiger partial charge < -0.3 is 4.57 Å². The normalized spacial score (nSPS) is 17.0. The molecule has 122 valence electrons. The molecule has 5 nitrogen and oxygen atoms in total. The summed E-state index contributed by atoms with van der Waals surface area (Å²) in [5, 5.41) is 10.6. The number of carbonyl (C=O) groups excluding carboxylic acids is 1. The molecule has 6 heteroatoms. The van der Waals surface area contributed by atoms with Crippen LogP contribution in [0.4, 0.5) is 10.3 Å². The lowest BCUT2D eigenvalue weighted by Gasteiger charge is -2.35. The van der Waals surface area contributed by atoms with E-state index in [1.165, 1.54) is 12.1 Å². The van der Waals surface area contributed by atoms with Crippen LogP contribution in [-0.4, -0.2) is 20.7 Å². The number of benzene rings is 1. The molecule has 1 saturated carbocycles. The highest BCUT2D eigenvalue weighted by Crippen LogP contribution is 2.40. The highest BCUT2D eigenvalue weighted by atomic mass is 19.1. The highest BCUT2D eigenvalue weighted by Gasteiger charge is 2.40. The van der Waals surface area contributed by atoms with Crippen molar-refractivity contribution in [1.82, 2.24) is 14.8 Å². The molecule has 1 aliphatic rings. The van der Waals surface area contributed by atoms with Gasteiger partial charge in [-0.25, -0.2) is 4.39 Å². The largest absolute Gasteiger partial charge is 0.303 e. The molecule has 1 N–H and O–H groups in total. The Morgan fingerprint density at radius 1 is 1.35 bits per heavy atom. The summed E-state index contributed by atoms with van der Waals surface area (Å²) in [5.74, 6) is 0.138. The van der Waals surface area contributed by atoms with E-state index in [9.17, 15) is 9.18 Å². The number of nitrogens with one attached hydrogen (secondary N) is 1. The molecule has 1 aromatic heterocycles. The number of nitrogens with zero attached hydrogens (tertiary/aromatic N) is 3. The summed E-state index contributed by atoms with van der Waals surface area (Å²) in [6.45, 7) is 0. The van der Waals surface area contributed by atoms with Gasteiger partial charge in [0.2, 0.25) is 11.9 Å². The van der Waals surface area contributed by atoms with E-state index in [1.54, 1.807) is 24.0 Å². The topological polar surface area (TPSA) is 59.8 Å². The third-order valence-corrected chi connectivity index (χ3v) is 4.66. The maximum Gasteiger partial charge on any atom is 0.233 e. The number of hydrogen-bond acceptors (Lipinski definition) is 3. The highest BCUT2D eigenvalue weighted by molar-refractivity contribution is 5.94. The molecular weight excluding hydrogens is 295 g/mol. The Hall–Kier alpha value is -2.24. The summed E-state index contributed by atoms with van der Waals surface area (Å²) in [6, 6.07) is 6.53. The Labute approximate surface area is 134 Å². The van der Waals surface area contributed by atoms with Gasteiger partial charge >= 0.3 is 0 Å². The van der Waals surface area contributed by atoms with Crippen LogP contribution < -0.4 is 5.32 Å². The van der Waals surface area contributed by atoms with Crippen LogP contribution in [0.1, 0.15) is 37.7 Å². The van der Waals surface area contributed by atoms with Crippen molar-refractivity contribution in [3.8, 4) is 0 Å². The molecule has 0 unspecified atom stereocenters. The van der Waals surface area contributed by atoms with Gasteiger partial charge in [0.25, 0.3) is 0 Å². The second kappa shape index (κ2) is 6.48. The lowest BCUT2D eigenvalue weighted by atomic mass is 9.69. The van der Waals surface area contributed by atoms with Crippen LogP contribution in [0.2, 0.25) is 0 Å². The molecular formula is C17H21FN4O. The fraction of sp³-hybridized carbons (Fsp3) is 0.471. The molecule has 1 heterocycles. The fourth-order valence-electron chi connectivity index (χ4n) is 3.38. The van der Waals surface area contributed by atoms with E-state index in [1.807, 2.05) is 6.07 Å². The summed E-state index contributed by atoms with van der Waals surface area (Å²) in [6.07, 6.45) is 6.90. The molecule has 0 atom stereocenters. The van der Waals surface area contributed by atoms with E-state index in [0.29, 0.717) is 12.4 Å². The zero-order valence-corrected chi connectivity index (χ0v) is 13.3. The van der Waals surface area contributed by atoms with Crippen LogP contribution in [0.5, 0.6) is 0 Å². The van der Waals surface area contributed by atoms with Crippen LogP contribution in [0.3, 0.4) is 0 Å². The standard InChI is InChI=1S/C17H21FN4O/c1-22-12-19-21-16(22)20-15(23)17(8-3-2-4-9-17)11-13-6-5-7-14(18)10-13/h5-7,10,12H,2-4,8-9,11H2,1H3,(H,20,21,23). The van der Waals surface area contributed by atoms with E-state index < -0.39 is 5.41 Å². The summed E-state index contributed by atoms with van der Waals surface area (Å²) < 4.78 is 15.2. The van der Waals surface area contributed by atoms with Crippen molar-refractivity contribution in [3.63, 3.8) is 0 Å². The number of amides is 1. The van der Waals surface area contributed by atoms with E-state index in [4.69, 9.17) is 0 Å². The Morgan fingerprint density at radius 3 is 2.78 bits per heavy atom. The third-order valence-electron chi connectivity index (χ3n) is 4.66. The van der Waals surface area contributed by atoms with E-state index in [-0.39, 0.29) is 11.7 Å². The monoisotopic (exact) mass is 316 g/mol. The molecule has 0 radical (unpaired) electrons. The second-order valence-electron chi connectivity index (χ2n) is 6.37. The van der Waals surface area contributed by atoms with Gasteiger partial charge in [0.15, 0.2) is 0 Å². The van der Waals surface area contributed by atoms with Gasteiger partial charge in [0.05, 0.1) is 5.41 Å². The maximum atomic E-state index is 13.5. The zero-order valence-electron chi connectivity index (χ0n) is 13.3. The van der Waals surface area contributed by atoms with Gasteiger partial charge in [-0.3, -0.25) is 10.1 Å². The summed E-state index contributed by atoms with van der Waals surface area (Å²) in [5.41, 5.74) is 0.359. The smallest absolute Gasteiger partial charge is 0.233 e. The number of rotatable bonds is 4. The molecule has 1 amide bonds. The summed E-state index contributed by atoms with van der Waals surface area (Å²) in [4.78, 5) is 12.9. The molecule has 0 spiro atoms. The van der Waals surface area contributed by atoms with Crippen molar-refractivity contribution in [3.05, 3.63) is 42.0 Å². The first-order valence-corrected chi connectivity index (χ1v) is 7.99. The number of halogens is 1. The van der Waals surface area contributed by atoms with Crippen LogP contribution in [0.25, 0.3) is 0 Å². The van der Waals surface area contributed by atoms with Crippen molar-refractivity contribution in [1.29, 1.82) is 0 Å². The van der Waals surface area contributed by atoms with Gasteiger partial charge in [-0.1, -0.05) is 31.4 Å². The van der Waals surface area contributed by atoms with Gasteiger partial charge in [-0.2, -0.15) is 0 Å². The van der Waals surface area contributed by atoms with Crippen LogP contribution in [0.15, 0.2) is 30.6 Å². The lowest BCUT2D eigenvalue weighted by Crippen LogP contribution is -2.40. The Bertz CT molecular complexity index is 691. The predicted molar refractivity (Wildman–Crippen MR) is 85.3 cm³/mol. The van der Waals surface area contributed by atoms with Gasteiger partial charge in [-0.05, 0) is 37.0 Å². The maximum absolute atomic E-state index is 13.5. The van der Waals surface area contributed by atoms with Gasteiger partial charge in [0.1, 0.15) is 12.1 Å². The molecule has 0 saturated heterocycles. The van der Waals surface area contributed by atoms with Crippen molar-refractivity contribution >= 4 is 11.9 Å². The summed E-state index contributed by atoms with van der Waals surface area (Å²) in [7, 11) is 1.79. The molecule has 0 bridgehead atoms. The van der Waals surface area contributed by atoms with E-state index in [2.05, 4.69) is 15.5 Å². The van der Waals surface area contributed by atoms with Gasteiger partial charge in [-0.15, -0.1) is 10.2 Å². The first-order valence-electron chi connectivity index (χ1n) is 7.99. The average molecular weight is 316 g/mol. The molecule has 1 fully saturated rings. The number of aryl methyl sites for hydroxylation is 1. The second-order valence-corrected chi connectivity index (χ2v) is 6.37. The molecule has 3 rings (SSSR count). The minimum atomic E-state index is -0.502.